The Morgan fingerprint density at radius 1 is 1.25 bits per heavy atom. The molecule has 2 N–H and O–H groups in total. The van der Waals surface area contributed by atoms with Crippen molar-refractivity contribution in [3.05, 3.63) is 30.5 Å². The van der Waals surface area contributed by atoms with Crippen LogP contribution in [0.3, 0.4) is 0 Å². The maximum atomic E-state index is 13.4. The van der Waals surface area contributed by atoms with E-state index in [0.717, 1.165) is 0 Å². The van der Waals surface area contributed by atoms with Gasteiger partial charge in [-0.2, -0.15) is 0 Å². The normalized spacial score (nSPS) is 10.1. The van der Waals surface area contributed by atoms with E-state index in [9.17, 15) is 4.39 Å². The van der Waals surface area contributed by atoms with Gasteiger partial charge in [-0.25, -0.2) is 19.3 Å². The molecular weight excluding hydrogens is 211 g/mol. The Morgan fingerprint density at radius 3 is 2.69 bits per heavy atom. The van der Waals surface area contributed by atoms with Crippen molar-refractivity contribution in [2.45, 2.75) is 0 Å². The fourth-order valence-corrected chi connectivity index (χ4v) is 1.25. The van der Waals surface area contributed by atoms with E-state index in [4.69, 9.17) is 10.5 Å². The van der Waals surface area contributed by atoms with Crippen LogP contribution >= 0.6 is 0 Å². The van der Waals surface area contributed by atoms with Crippen molar-refractivity contribution in [3.63, 3.8) is 0 Å². The van der Waals surface area contributed by atoms with Gasteiger partial charge in [-0.1, -0.05) is 0 Å². The summed E-state index contributed by atoms with van der Waals surface area (Å²) in [6.07, 6.45) is 2.77. The van der Waals surface area contributed by atoms with Gasteiger partial charge in [-0.3, -0.25) is 0 Å². The highest BCUT2D eigenvalue weighted by Gasteiger charge is 2.07. The Labute approximate surface area is 91.1 Å². The van der Waals surface area contributed by atoms with Gasteiger partial charge >= 0.3 is 0 Å². The highest BCUT2D eigenvalue weighted by atomic mass is 19.1. The number of nitrogens with two attached hydrogens (primary N) is 1. The highest BCUT2D eigenvalue weighted by molar-refractivity contribution is 5.60. The number of nitrogens with zero attached hydrogens (tertiary/aromatic N) is 3. The average Bonchev–Trinajstić information content (AvgIpc) is 2.29. The molecule has 2 aromatic heterocycles. The first-order chi connectivity index (χ1) is 7.70. The molecule has 0 aliphatic heterocycles. The van der Waals surface area contributed by atoms with E-state index in [1.54, 1.807) is 6.07 Å². The van der Waals surface area contributed by atoms with Crippen molar-refractivity contribution in [3.8, 4) is 17.1 Å². The summed E-state index contributed by atoms with van der Waals surface area (Å²) < 4.78 is 18.1. The Bertz CT molecular complexity index is 518. The third kappa shape index (κ3) is 1.90. The minimum absolute atomic E-state index is 0.0502. The van der Waals surface area contributed by atoms with Crippen LogP contribution < -0.4 is 10.5 Å². The zero-order valence-corrected chi connectivity index (χ0v) is 8.51. The average molecular weight is 220 g/mol. The molecule has 0 aliphatic carbocycles. The molecular formula is C10H9FN4O. The van der Waals surface area contributed by atoms with Crippen molar-refractivity contribution >= 4 is 5.82 Å². The smallest absolute Gasteiger partial charge is 0.250 e. The Balaban J connectivity index is 2.45. The van der Waals surface area contributed by atoms with Crippen LogP contribution in [0.15, 0.2) is 24.7 Å². The summed E-state index contributed by atoms with van der Waals surface area (Å²) >= 11 is 0. The summed E-state index contributed by atoms with van der Waals surface area (Å²) in [6.45, 7) is 0. The number of methoxy groups -OCH3 is 1. The van der Waals surface area contributed by atoms with Crippen molar-refractivity contribution < 1.29 is 9.13 Å². The molecule has 6 heteroatoms. The minimum Gasteiger partial charge on any atom is -0.479 e. The quantitative estimate of drug-likeness (QED) is 0.824. The van der Waals surface area contributed by atoms with Crippen LogP contribution in [0, 0.1) is 5.82 Å². The van der Waals surface area contributed by atoms with Crippen molar-refractivity contribution in [1.82, 2.24) is 15.0 Å². The molecule has 0 aliphatic rings. The molecule has 2 rings (SSSR count). The zero-order valence-electron chi connectivity index (χ0n) is 8.51. The second kappa shape index (κ2) is 4.09. The molecule has 0 aromatic carbocycles. The number of halogens is 1. The predicted molar refractivity (Wildman–Crippen MR) is 56.2 cm³/mol. The monoisotopic (exact) mass is 220 g/mol. The van der Waals surface area contributed by atoms with Gasteiger partial charge in [-0.05, 0) is 6.07 Å². The lowest BCUT2D eigenvalue weighted by molar-refractivity contribution is 0.369. The molecule has 0 bridgehead atoms. The number of hydrogen-bond donors (Lipinski definition) is 1. The third-order valence-corrected chi connectivity index (χ3v) is 1.98. The molecule has 2 heterocycles. The standard InChI is InChI=1S/C10H9FN4O/c1-16-10-7(11)2-6(4-13-10)8-3-9(12)15-5-14-8/h2-5H,1H3,(H2,12,14,15). The summed E-state index contributed by atoms with van der Waals surface area (Å²) in [5.41, 5.74) is 6.54. The lowest BCUT2D eigenvalue weighted by Gasteiger charge is -2.03. The molecule has 0 radical (unpaired) electrons. The summed E-state index contributed by atoms with van der Waals surface area (Å²) in [6, 6.07) is 2.83. The Hall–Kier alpha value is -2.24. The van der Waals surface area contributed by atoms with Crippen LogP contribution in [0.5, 0.6) is 5.88 Å². The van der Waals surface area contributed by atoms with Crippen LogP contribution in [0.25, 0.3) is 11.3 Å². The van der Waals surface area contributed by atoms with Gasteiger partial charge in [0.05, 0.1) is 12.8 Å². The first-order valence-electron chi connectivity index (χ1n) is 4.48. The number of nitrogen functional groups attached to an aromatic ring is 1. The van der Waals surface area contributed by atoms with Gasteiger partial charge in [0.25, 0.3) is 0 Å². The maximum absolute atomic E-state index is 13.4. The van der Waals surface area contributed by atoms with E-state index in [-0.39, 0.29) is 5.88 Å². The molecule has 0 saturated carbocycles. The van der Waals surface area contributed by atoms with Gasteiger partial charge in [0.15, 0.2) is 5.82 Å². The molecule has 0 amide bonds. The number of pyridine rings is 1. The second-order valence-electron chi connectivity index (χ2n) is 3.04. The topological polar surface area (TPSA) is 73.9 Å². The lowest BCUT2D eigenvalue weighted by atomic mass is 10.2. The van der Waals surface area contributed by atoms with Gasteiger partial charge in [0, 0.05) is 17.8 Å². The molecule has 2 aromatic rings. The molecule has 16 heavy (non-hydrogen) atoms. The fourth-order valence-electron chi connectivity index (χ4n) is 1.25. The van der Waals surface area contributed by atoms with Crippen LogP contribution in [0.2, 0.25) is 0 Å². The van der Waals surface area contributed by atoms with E-state index in [1.165, 1.54) is 25.7 Å². The molecule has 82 valence electrons. The molecule has 5 nitrogen and oxygen atoms in total. The largest absolute Gasteiger partial charge is 0.479 e. The van der Waals surface area contributed by atoms with Crippen LogP contribution in [-0.2, 0) is 0 Å². The SMILES string of the molecule is COc1ncc(-c2cc(N)ncn2)cc1F. The zero-order chi connectivity index (χ0) is 11.5. The van der Waals surface area contributed by atoms with Crippen LogP contribution in [0.4, 0.5) is 10.2 Å². The molecule has 0 atom stereocenters. The molecule has 0 spiro atoms. The number of ether oxygens (including phenoxy) is 1. The first kappa shape index (κ1) is 10.3. The Kier molecular flexibility index (Phi) is 2.63. The van der Waals surface area contributed by atoms with Crippen molar-refractivity contribution in [1.29, 1.82) is 0 Å². The number of aromatic nitrogens is 3. The van der Waals surface area contributed by atoms with E-state index in [0.29, 0.717) is 17.1 Å². The maximum Gasteiger partial charge on any atom is 0.250 e. The second-order valence-corrected chi connectivity index (χ2v) is 3.04. The molecule has 0 fully saturated rings. The third-order valence-electron chi connectivity index (χ3n) is 1.98. The number of hydrogen-bond acceptors (Lipinski definition) is 5. The summed E-state index contributed by atoms with van der Waals surface area (Å²) in [5.74, 6) is -0.274. The minimum atomic E-state index is -0.544. The highest BCUT2D eigenvalue weighted by Crippen LogP contribution is 2.21. The summed E-state index contributed by atoms with van der Waals surface area (Å²) in [4.78, 5) is 11.5. The van der Waals surface area contributed by atoms with Crippen molar-refractivity contribution in [2.75, 3.05) is 12.8 Å². The van der Waals surface area contributed by atoms with E-state index < -0.39 is 5.82 Å². The lowest BCUT2D eigenvalue weighted by Crippen LogP contribution is -1.95. The number of rotatable bonds is 2. The predicted octanol–water partition coefficient (Wildman–Crippen LogP) is 1.27. The van der Waals surface area contributed by atoms with E-state index in [1.807, 2.05) is 0 Å². The summed E-state index contributed by atoms with van der Waals surface area (Å²) in [7, 11) is 1.35. The van der Waals surface area contributed by atoms with Gasteiger partial charge in [0.1, 0.15) is 12.1 Å². The number of anilines is 1. The van der Waals surface area contributed by atoms with Gasteiger partial charge in [0.2, 0.25) is 5.88 Å². The van der Waals surface area contributed by atoms with Gasteiger partial charge in [-0.15, -0.1) is 0 Å². The molecule has 0 unspecified atom stereocenters. The van der Waals surface area contributed by atoms with Crippen molar-refractivity contribution in [2.24, 2.45) is 0 Å². The fraction of sp³-hybridized carbons (Fsp3) is 0.100. The first-order valence-corrected chi connectivity index (χ1v) is 4.48. The van der Waals surface area contributed by atoms with Crippen LogP contribution in [-0.4, -0.2) is 22.1 Å². The Morgan fingerprint density at radius 2 is 2.06 bits per heavy atom. The van der Waals surface area contributed by atoms with Crippen LogP contribution in [0.1, 0.15) is 0 Å². The van der Waals surface area contributed by atoms with E-state index in [2.05, 4.69) is 15.0 Å². The molecule has 0 saturated heterocycles. The summed E-state index contributed by atoms with van der Waals surface area (Å²) in [5, 5.41) is 0. The van der Waals surface area contributed by atoms with Gasteiger partial charge < -0.3 is 10.5 Å². The van der Waals surface area contributed by atoms with E-state index >= 15 is 0 Å².